The minimum atomic E-state index is -0.156. The number of rotatable bonds is 7. The molecule has 3 nitrogen and oxygen atoms in total. The summed E-state index contributed by atoms with van der Waals surface area (Å²) in [7, 11) is 0. The first-order valence-corrected chi connectivity index (χ1v) is 6.81. The minimum Gasteiger partial charge on any atom is -0.465 e. The van der Waals surface area contributed by atoms with Gasteiger partial charge in [0.25, 0.3) is 0 Å². The average Bonchev–Trinajstić information content (AvgIpc) is 2.36. The lowest BCUT2D eigenvalue weighted by Crippen LogP contribution is -2.37. The van der Waals surface area contributed by atoms with Crippen molar-refractivity contribution in [3.8, 4) is 0 Å². The molecule has 0 aliphatic heterocycles. The predicted molar refractivity (Wildman–Crippen MR) is 76.2 cm³/mol. The van der Waals surface area contributed by atoms with Crippen LogP contribution in [0.1, 0.15) is 24.0 Å². The number of ether oxygens (including phenoxy) is 1. The van der Waals surface area contributed by atoms with Crippen LogP contribution in [0.15, 0.2) is 36.9 Å². The highest BCUT2D eigenvalue weighted by atomic mass is 16.5. The minimum absolute atomic E-state index is 0.156. The Kier molecular flexibility index (Phi) is 4.74. The molecule has 102 valence electrons. The maximum atomic E-state index is 11.6. The van der Waals surface area contributed by atoms with Gasteiger partial charge in [-0.3, -0.25) is 9.69 Å². The molecule has 0 spiro atoms. The van der Waals surface area contributed by atoms with Gasteiger partial charge in [0.15, 0.2) is 0 Å². The standard InChI is InChI=1S/C16H21NO2/c1-3-9-17(12-16(18)19-4-2)11-14-10-13-7-5-6-8-15(13)14/h3,5-8,14H,1,4,9-12H2,2H3. The summed E-state index contributed by atoms with van der Waals surface area (Å²) < 4.78 is 5.01. The second kappa shape index (κ2) is 6.53. The van der Waals surface area contributed by atoms with Crippen molar-refractivity contribution in [2.75, 3.05) is 26.2 Å². The van der Waals surface area contributed by atoms with E-state index in [-0.39, 0.29) is 5.97 Å². The molecule has 1 atom stereocenters. The molecule has 19 heavy (non-hydrogen) atoms. The summed E-state index contributed by atoms with van der Waals surface area (Å²) in [6.07, 6.45) is 2.94. The van der Waals surface area contributed by atoms with Gasteiger partial charge in [-0.05, 0) is 24.5 Å². The van der Waals surface area contributed by atoms with Crippen LogP contribution in [-0.4, -0.2) is 37.1 Å². The molecule has 1 aliphatic rings. The normalized spacial score (nSPS) is 16.6. The summed E-state index contributed by atoms with van der Waals surface area (Å²) in [6, 6.07) is 8.51. The van der Waals surface area contributed by atoms with Crippen LogP contribution in [0, 0.1) is 0 Å². The molecule has 0 amide bonds. The summed E-state index contributed by atoms with van der Waals surface area (Å²) >= 11 is 0. The van der Waals surface area contributed by atoms with Gasteiger partial charge < -0.3 is 4.74 Å². The SMILES string of the molecule is C=CCN(CC(=O)OCC)CC1Cc2ccccc21. The number of hydrogen-bond acceptors (Lipinski definition) is 3. The Hall–Kier alpha value is -1.61. The van der Waals surface area contributed by atoms with Gasteiger partial charge in [-0.15, -0.1) is 6.58 Å². The van der Waals surface area contributed by atoms with Gasteiger partial charge in [-0.1, -0.05) is 30.3 Å². The van der Waals surface area contributed by atoms with E-state index in [2.05, 4.69) is 35.7 Å². The molecule has 0 bridgehead atoms. The topological polar surface area (TPSA) is 29.5 Å². The third-order valence-electron chi connectivity index (χ3n) is 3.49. The monoisotopic (exact) mass is 259 g/mol. The van der Waals surface area contributed by atoms with E-state index in [1.807, 2.05) is 13.0 Å². The van der Waals surface area contributed by atoms with E-state index in [0.29, 0.717) is 19.1 Å². The largest absolute Gasteiger partial charge is 0.465 e. The van der Waals surface area contributed by atoms with Crippen molar-refractivity contribution in [2.24, 2.45) is 0 Å². The van der Waals surface area contributed by atoms with E-state index in [9.17, 15) is 4.79 Å². The van der Waals surface area contributed by atoms with Gasteiger partial charge in [0, 0.05) is 19.0 Å². The highest BCUT2D eigenvalue weighted by Gasteiger charge is 2.27. The molecule has 0 heterocycles. The van der Waals surface area contributed by atoms with Gasteiger partial charge in [-0.2, -0.15) is 0 Å². The fourth-order valence-electron chi connectivity index (χ4n) is 2.61. The van der Waals surface area contributed by atoms with Crippen LogP contribution >= 0.6 is 0 Å². The maximum Gasteiger partial charge on any atom is 0.320 e. The molecule has 0 saturated heterocycles. The second-order valence-electron chi connectivity index (χ2n) is 4.89. The highest BCUT2D eigenvalue weighted by molar-refractivity contribution is 5.71. The first-order valence-electron chi connectivity index (χ1n) is 6.81. The number of esters is 1. The Morgan fingerprint density at radius 2 is 2.32 bits per heavy atom. The summed E-state index contributed by atoms with van der Waals surface area (Å²) in [5, 5.41) is 0. The molecule has 0 aromatic heterocycles. The highest BCUT2D eigenvalue weighted by Crippen LogP contribution is 2.35. The third kappa shape index (κ3) is 3.44. The Labute approximate surface area is 114 Å². The molecule has 0 N–H and O–H groups in total. The number of nitrogens with zero attached hydrogens (tertiary/aromatic N) is 1. The number of carbonyl (C=O) groups is 1. The Morgan fingerprint density at radius 3 is 3.00 bits per heavy atom. The van der Waals surface area contributed by atoms with E-state index in [0.717, 1.165) is 19.5 Å². The van der Waals surface area contributed by atoms with Gasteiger partial charge in [0.2, 0.25) is 0 Å². The lowest BCUT2D eigenvalue weighted by Gasteiger charge is -2.34. The van der Waals surface area contributed by atoms with Crippen molar-refractivity contribution in [3.63, 3.8) is 0 Å². The van der Waals surface area contributed by atoms with E-state index in [4.69, 9.17) is 4.74 Å². The van der Waals surface area contributed by atoms with Gasteiger partial charge in [0.1, 0.15) is 0 Å². The van der Waals surface area contributed by atoms with Crippen LogP contribution in [0.3, 0.4) is 0 Å². The zero-order valence-electron chi connectivity index (χ0n) is 11.5. The van der Waals surface area contributed by atoms with Crippen molar-refractivity contribution in [3.05, 3.63) is 48.0 Å². The number of carbonyl (C=O) groups excluding carboxylic acids is 1. The predicted octanol–water partition coefficient (Wildman–Crippen LogP) is 2.38. The zero-order chi connectivity index (χ0) is 13.7. The summed E-state index contributed by atoms with van der Waals surface area (Å²) in [5.41, 5.74) is 2.85. The fourth-order valence-corrected chi connectivity index (χ4v) is 2.61. The molecule has 3 heteroatoms. The quantitative estimate of drug-likeness (QED) is 0.556. The van der Waals surface area contributed by atoms with Crippen molar-refractivity contribution in [1.29, 1.82) is 0 Å². The van der Waals surface area contributed by atoms with Crippen LogP contribution < -0.4 is 0 Å². The number of benzene rings is 1. The molecule has 1 aromatic rings. The molecule has 1 unspecified atom stereocenters. The first kappa shape index (κ1) is 13.8. The third-order valence-corrected chi connectivity index (χ3v) is 3.49. The number of hydrogen-bond donors (Lipinski definition) is 0. The summed E-state index contributed by atoms with van der Waals surface area (Å²) in [5.74, 6) is 0.377. The average molecular weight is 259 g/mol. The summed E-state index contributed by atoms with van der Waals surface area (Å²) in [6.45, 7) is 7.98. The van der Waals surface area contributed by atoms with Gasteiger partial charge in [0.05, 0.1) is 13.2 Å². The molecular weight excluding hydrogens is 238 g/mol. The van der Waals surface area contributed by atoms with E-state index >= 15 is 0 Å². The smallest absolute Gasteiger partial charge is 0.320 e. The van der Waals surface area contributed by atoms with Crippen molar-refractivity contribution >= 4 is 5.97 Å². The second-order valence-corrected chi connectivity index (χ2v) is 4.89. The molecule has 0 fully saturated rings. The van der Waals surface area contributed by atoms with E-state index in [1.165, 1.54) is 11.1 Å². The van der Waals surface area contributed by atoms with Crippen LogP contribution in [0.2, 0.25) is 0 Å². The van der Waals surface area contributed by atoms with E-state index in [1.54, 1.807) is 0 Å². The van der Waals surface area contributed by atoms with Crippen LogP contribution in [0.25, 0.3) is 0 Å². The summed E-state index contributed by atoms with van der Waals surface area (Å²) in [4.78, 5) is 13.7. The van der Waals surface area contributed by atoms with Crippen molar-refractivity contribution < 1.29 is 9.53 Å². The van der Waals surface area contributed by atoms with Crippen LogP contribution in [0.4, 0.5) is 0 Å². The molecule has 1 aromatic carbocycles. The maximum absolute atomic E-state index is 11.6. The number of fused-ring (bicyclic) bond motifs is 1. The Balaban J connectivity index is 1.91. The van der Waals surface area contributed by atoms with Gasteiger partial charge >= 0.3 is 5.97 Å². The van der Waals surface area contributed by atoms with E-state index < -0.39 is 0 Å². The van der Waals surface area contributed by atoms with Crippen LogP contribution in [-0.2, 0) is 16.0 Å². The first-order chi connectivity index (χ1) is 9.24. The lowest BCUT2D eigenvalue weighted by molar-refractivity contribution is -0.144. The Morgan fingerprint density at radius 1 is 1.53 bits per heavy atom. The molecular formula is C16H21NO2. The zero-order valence-corrected chi connectivity index (χ0v) is 11.5. The van der Waals surface area contributed by atoms with Crippen LogP contribution in [0.5, 0.6) is 0 Å². The van der Waals surface area contributed by atoms with Crippen molar-refractivity contribution in [1.82, 2.24) is 4.90 Å². The fraction of sp³-hybridized carbons (Fsp3) is 0.438. The molecule has 0 saturated carbocycles. The molecule has 2 rings (SSSR count). The molecule has 0 radical (unpaired) electrons. The Bertz CT molecular complexity index is 456. The lowest BCUT2D eigenvalue weighted by atomic mass is 9.77. The molecule has 1 aliphatic carbocycles. The van der Waals surface area contributed by atoms with Crippen molar-refractivity contribution in [2.45, 2.75) is 19.3 Å². The van der Waals surface area contributed by atoms with Gasteiger partial charge in [-0.25, -0.2) is 0 Å².